The van der Waals surface area contributed by atoms with E-state index in [2.05, 4.69) is 6.58 Å². The quantitative estimate of drug-likeness (QED) is 0.482. The number of hydrogen-bond acceptors (Lipinski definition) is 2. The molecule has 0 aromatic rings. The first-order valence-electron chi connectivity index (χ1n) is 2.56. The molecule has 0 aromatic heterocycles. The molecule has 56 valence electrons. The maximum atomic E-state index is 10.6. The summed E-state index contributed by atoms with van der Waals surface area (Å²) in [7, 11) is -1.22. The smallest absolute Gasteiger partial charge is 0.328 e. The molecule has 0 aliphatic carbocycles. The Labute approximate surface area is 61.5 Å². The summed E-state index contributed by atoms with van der Waals surface area (Å²) < 4.78 is 10.6. The largest absolute Gasteiger partial charge is 0.478 e. The van der Waals surface area contributed by atoms with Crippen LogP contribution in [0.4, 0.5) is 0 Å². The van der Waals surface area contributed by atoms with Crippen molar-refractivity contribution in [2.24, 2.45) is 0 Å². The highest BCUT2D eigenvalue weighted by atomic mass is 32.2. The van der Waals surface area contributed by atoms with E-state index in [9.17, 15) is 9.00 Å². The number of carbonyl (C=O) groups is 1. The Hall–Kier alpha value is -0.900. The summed E-state index contributed by atoms with van der Waals surface area (Å²) in [6.45, 7) is 3.35. The second-order valence-corrected chi connectivity index (χ2v) is 2.84. The molecule has 10 heavy (non-hydrogen) atoms. The minimum absolute atomic E-state index is 0.295. The second-order valence-electron chi connectivity index (χ2n) is 1.48. The Morgan fingerprint density at radius 1 is 1.70 bits per heavy atom. The van der Waals surface area contributed by atoms with E-state index in [-0.39, 0.29) is 0 Å². The molecule has 0 saturated carbocycles. The van der Waals surface area contributed by atoms with Crippen LogP contribution in [0.2, 0.25) is 0 Å². The third kappa shape index (κ3) is 5.24. The Balaban J connectivity index is 3.77. The molecule has 4 heteroatoms. The van der Waals surface area contributed by atoms with E-state index in [1.807, 2.05) is 0 Å². The van der Waals surface area contributed by atoms with Crippen LogP contribution in [0.25, 0.3) is 0 Å². The van der Waals surface area contributed by atoms with Gasteiger partial charge in [-0.3, -0.25) is 4.21 Å². The van der Waals surface area contributed by atoms with Crippen LogP contribution in [0.5, 0.6) is 0 Å². The average molecular weight is 160 g/mol. The Kier molecular flexibility index (Phi) is 4.49. The van der Waals surface area contributed by atoms with Crippen molar-refractivity contribution in [1.82, 2.24) is 0 Å². The maximum Gasteiger partial charge on any atom is 0.328 e. The van der Waals surface area contributed by atoms with Gasteiger partial charge in [-0.15, -0.1) is 6.58 Å². The fourth-order valence-electron chi connectivity index (χ4n) is 0.306. The summed E-state index contributed by atoms with van der Waals surface area (Å²) in [4.78, 5) is 9.86. The first kappa shape index (κ1) is 9.10. The second kappa shape index (κ2) is 4.93. The molecular weight excluding hydrogens is 152 g/mol. The molecule has 0 radical (unpaired) electrons. The number of hydrogen-bond donors (Lipinski definition) is 1. The fraction of sp³-hybridized carbons (Fsp3) is 0.167. The highest BCUT2D eigenvalue weighted by molar-refractivity contribution is 7.88. The molecule has 0 amide bonds. The molecule has 3 nitrogen and oxygen atoms in total. The van der Waals surface area contributed by atoms with Crippen molar-refractivity contribution < 1.29 is 14.1 Å². The lowest BCUT2D eigenvalue weighted by Crippen LogP contribution is -1.91. The summed E-state index contributed by atoms with van der Waals surface area (Å²) in [5.74, 6) is -0.790. The highest BCUT2D eigenvalue weighted by Crippen LogP contribution is 1.84. The van der Waals surface area contributed by atoms with Crippen LogP contribution in [-0.4, -0.2) is 21.0 Å². The van der Waals surface area contributed by atoms with Crippen LogP contribution in [0, 0.1) is 0 Å². The van der Waals surface area contributed by atoms with Crippen LogP contribution in [0.15, 0.2) is 24.1 Å². The van der Waals surface area contributed by atoms with Gasteiger partial charge < -0.3 is 5.11 Å². The SMILES string of the molecule is C=CCS(=O)/C=C/C(=O)O. The summed E-state index contributed by atoms with van der Waals surface area (Å²) in [5.41, 5.74) is 0. The van der Waals surface area contributed by atoms with Gasteiger partial charge in [-0.05, 0) is 0 Å². The van der Waals surface area contributed by atoms with Crippen LogP contribution < -0.4 is 0 Å². The van der Waals surface area contributed by atoms with Crippen molar-refractivity contribution in [2.75, 3.05) is 5.75 Å². The van der Waals surface area contributed by atoms with Crippen LogP contribution >= 0.6 is 0 Å². The van der Waals surface area contributed by atoms with Gasteiger partial charge in [0.05, 0.1) is 0 Å². The van der Waals surface area contributed by atoms with Crippen molar-refractivity contribution in [3.63, 3.8) is 0 Å². The summed E-state index contributed by atoms with van der Waals surface area (Å²) in [6, 6.07) is 0. The lowest BCUT2D eigenvalue weighted by atomic mass is 10.7. The van der Waals surface area contributed by atoms with Crippen LogP contribution in [0.3, 0.4) is 0 Å². The van der Waals surface area contributed by atoms with Gasteiger partial charge in [-0.1, -0.05) is 6.08 Å². The minimum Gasteiger partial charge on any atom is -0.478 e. The maximum absolute atomic E-state index is 10.6. The topological polar surface area (TPSA) is 54.4 Å². The van der Waals surface area contributed by atoms with Gasteiger partial charge in [0.2, 0.25) is 0 Å². The van der Waals surface area contributed by atoms with Crippen molar-refractivity contribution in [3.8, 4) is 0 Å². The molecule has 0 aromatic carbocycles. The monoisotopic (exact) mass is 160 g/mol. The fourth-order valence-corrected chi connectivity index (χ4v) is 0.917. The predicted octanol–water partition coefficient (Wildman–Crippen LogP) is 0.519. The molecule has 1 atom stereocenters. The lowest BCUT2D eigenvalue weighted by Gasteiger charge is -1.84. The van der Waals surface area contributed by atoms with E-state index in [0.29, 0.717) is 5.75 Å². The van der Waals surface area contributed by atoms with Gasteiger partial charge in [0.15, 0.2) is 0 Å². The van der Waals surface area contributed by atoms with E-state index in [1.54, 1.807) is 0 Å². The molecule has 0 heterocycles. The van der Waals surface area contributed by atoms with Gasteiger partial charge in [0, 0.05) is 28.0 Å². The predicted molar refractivity (Wildman–Crippen MR) is 40.0 cm³/mol. The lowest BCUT2D eigenvalue weighted by molar-refractivity contribution is -0.131. The molecule has 0 fully saturated rings. The molecule has 0 bridgehead atoms. The van der Waals surface area contributed by atoms with Crippen molar-refractivity contribution in [1.29, 1.82) is 0 Å². The zero-order valence-electron chi connectivity index (χ0n) is 5.32. The van der Waals surface area contributed by atoms with Gasteiger partial charge in [-0.2, -0.15) is 0 Å². The third-order valence-electron chi connectivity index (χ3n) is 0.645. The summed E-state index contributed by atoms with van der Waals surface area (Å²) in [6.07, 6.45) is 2.34. The van der Waals surface area contributed by atoms with Crippen LogP contribution in [-0.2, 0) is 15.6 Å². The van der Waals surface area contributed by atoms with Crippen molar-refractivity contribution >= 4 is 16.8 Å². The first-order valence-corrected chi connectivity index (χ1v) is 3.94. The van der Waals surface area contributed by atoms with Gasteiger partial charge >= 0.3 is 5.97 Å². The summed E-state index contributed by atoms with van der Waals surface area (Å²) in [5, 5.41) is 9.21. The summed E-state index contributed by atoms with van der Waals surface area (Å²) >= 11 is 0. The third-order valence-corrected chi connectivity index (χ3v) is 1.65. The number of carboxylic acids is 1. The standard InChI is InChI=1S/C6H8O3S/c1-2-4-10(9)5-3-6(7)8/h2-3,5H,1,4H2,(H,7,8)/b5-3+. The molecule has 0 spiro atoms. The van der Waals surface area contributed by atoms with Gasteiger partial charge in [0.25, 0.3) is 0 Å². The molecular formula is C6H8O3S. The first-order chi connectivity index (χ1) is 4.66. The zero-order chi connectivity index (χ0) is 7.98. The number of rotatable bonds is 4. The molecule has 0 aliphatic rings. The van der Waals surface area contributed by atoms with E-state index >= 15 is 0 Å². The van der Waals surface area contributed by atoms with E-state index in [1.165, 1.54) is 6.08 Å². The van der Waals surface area contributed by atoms with Gasteiger partial charge in [-0.25, -0.2) is 4.79 Å². The number of aliphatic carboxylic acids is 1. The van der Waals surface area contributed by atoms with E-state index in [4.69, 9.17) is 5.11 Å². The Morgan fingerprint density at radius 3 is 2.70 bits per heavy atom. The van der Waals surface area contributed by atoms with Crippen LogP contribution in [0.1, 0.15) is 0 Å². The molecule has 0 aliphatic heterocycles. The van der Waals surface area contributed by atoms with E-state index < -0.39 is 16.8 Å². The molecule has 1 N–H and O–H groups in total. The number of carboxylic acid groups (broad SMARTS) is 1. The van der Waals surface area contributed by atoms with E-state index in [0.717, 1.165) is 11.5 Å². The molecule has 0 saturated heterocycles. The van der Waals surface area contributed by atoms with Gasteiger partial charge in [0.1, 0.15) is 0 Å². The minimum atomic E-state index is -1.22. The van der Waals surface area contributed by atoms with Crippen molar-refractivity contribution in [2.45, 2.75) is 0 Å². The molecule has 0 rings (SSSR count). The molecule has 1 unspecified atom stereocenters. The van der Waals surface area contributed by atoms with Crippen molar-refractivity contribution in [3.05, 3.63) is 24.1 Å². The average Bonchev–Trinajstić information content (AvgIpc) is 1.85. The Bertz CT molecular complexity index is 183. The highest BCUT2D eigenvalue weighted by Gasteiger charge is 1.90. The Morgan fingerprint density at radius 2 is 2.30 bits per heavy atom. The zero-order valence-corrected chi connectivity index (χ0v) is 6.13. The normalized spacial score (nSPS) is 13.2.